The number of likely N-dealkylation sites (tertiary alicyclic amines) is 1. The minimum absolute atomic E-state index is 0.0387. The number of amides is 2. The van der Waals surface area contributed by atoms with Gasteiger partial charge in [0.15, 0.2) is 0 Å². The maximum absolute atomic E-state index is 13.0. The molecule has 2 saturated heterocycles. The van der Waals surface area contributed by atoms with Crippen LogP contribution < -0.4 is 15.0 Å². The first-order chi connectivity index (χ1) is 15.1. The van der Waals surface area contributed by atoms with E-state index in [-0.39, 0.29) is 30.2 Å². The second kappa shape index (κ2) is 9.52. The Morgan fingerprint density at radius 2 is 1.90 bits per heavy atom. The molecular weight excluding hydrogens is 390 g/mol. The van der Waals surface area contributed by atoms with Gasteiger partial charge in [-0.1, -0.05) is 36.4 Å². The predicted octanol–water partition coefficient (Wildman–Crippen LogP) is 3.31. The molecule has 0 aliphatic carbocycles. The largest absolute Gasteiger partial charge is 0.495 e. The fourth-order valence-corrected chi connectivity index (χ4v) is 4.65. The van der Waals surface area contributed by atoms with E-state index in [4.69, 9.17) is 4.74 Å². The minimum atomic E-state index is -0.354. The fourth-order valence-electron chi connectivity index (χ4n) is 4.65. The topological polar surface area (TPSA) is 61.9 Å². The first kappa shape index (κ1) is 21.4. The molecule has 6 nitrogen and oxygen atoms in total. The molecule has 2 fully saturated rings. The van der Waals surface area contributed by atoms with Gasteiger partial charge in [-0.05, 0) is 56.1 Å². The van der Waals surface area contributed by atoms with Gasteiger partial charge < -0.3 is 15.0 Å². The van der Waals surface area contributed by atoms with Gasteiger partial charge in [0.1, 0.15) is 5.75 Å². The summed E-state index contributed by atoms with van der Waals surface area (Å²) in [5.74, 6) is 0.205. The van der Waals surface area contributed by atoms with Crippen LogP contribution in [0.15, 0.2) is 48.5 Å². The van der Waals surface area contributed by atoms with E-state index in [1.54, 1.807) is 12.0 Å². The van der Waals surface area contributed by atoms with E-state index < -0.39 is 0 Å². The van der Waals surface area contributed by atoms with Crippen LogP contribution in [0.2, 0.25) is 0 Å². The Balaban J connectivity index is 1.43. The maximum atomic E-state index is 13.0. The minimum Gasteiger partial charge on any atom is -0.495 e. The number of carbonyl (C=O) groups excluding carboxylic acids is 2. The van der Waals surface area contributed by atoms with Crippen molar-refractivity contribution in [2.45, 2.75) is 32.2 Å². The molecule has 2 aromatic carbocycles. The number of nitrogens with one attached hydrogen (secondary N) is 1. The standard InChI is InChI=1S/C25H31N3O3/c1-18-10-11-23(31-2)21(14-18)28-17-20(15-24(28)29)25(30)26-16-22(27-12-6-7-13-27)19-8-4-3-5-9-19/h3-5,8-11,14,20,22H,6-7,12-13,15-17H2,1-2H3,(H,26,30). The van der Waals surface area contributed by atoms with Crippen LogP contribution in [0.3, 0.4) is 0 Å². The molecule has 2 unspecified atom stereocenters. The smallest absolute Gasteiger partial charge is 0.227 e. The van der Waals surface area contributed by atoms with Gasteiger partial charge in [0.2, 0.25) is 11.8 Å². The van der Waals surface area contributed by atoms with Gasteiger partial charge in [0.25, 0.3) is 0 Å². The number of carbonyl (C=O) groups is 2. The summed E-state index contributed by atoms with van der Waals surface area (Å²) < 4.78 is 5.44. The second-order valence-corrected chi connectivity index (χ2v) is 8.50. The zero-order chi connectivity index (χ0) is 21.8. The summed E-state index contributed by atoms with van der Waals surface area (Å²) in [5, 5.41) is 3.14. The fraction of sp³-hybridized carbons (Fsp3) is 0.440. The molecule has 6 heteroatoms. The number of anilines is 1. The lowest BCUT2D eigenvalue weighted by Crippen LogP contribution is -2.40. The molecule has 0 aromatic heterocycles. The van der Waals surface area contributed by atoms with Crippen LogP contribution in [0, 0.1) is 12.8 Å². The zero-order valence-corrected chi connectivity index (χ0v) is 18.3. The number of rotatable bonds is 7. The molecule has 2 aliphatic rings. The Morgan fingerprint density at radius 1 is 1.16 bits per heavy atom. The van der Waals surface area contributed by atoms with Crippen molar-refractivity contribution in [1.82, 2.24) is 10.2 Å². The van der Waals surface area contributed by atoms with Gasteiger partial charge >= 0.3 is 0 Å². The maximum Gasteiger partial charge on any atom is 0.227 e. The van der Waals surface area contributed by atoms with Gasteiger partial charge in [0.05, 0.1) is 24.8 Å². The van der Waals surface area contributed by atoms with Crippen molar-refractivity contribution in [2.24, 2.45) is 5.92 Å². The third-order valence-corrected chi connectivity index (χ3v) is 6.36. The normalized spacial score (nSPS) is 20.1. The summed E-state index contributed by atoms with van der Waals surface area (Å²) in [6.45, 7) is 5.03. The highest BCUT2D eigenvalue weighted by atomic mass is 16.5. The molecular formula is C25H31N3O3. The van der Waals surface area contributed by atoms with Gasteiger partial charge in [-0.2, -0.15) is 0 Å². The molecule has 4 rings (SSSR count). The Kier molecular flexibility index (Phi) is 6.56. The van der Waals surface area contributed by atoms with Crippen LogP contribution in [0.5, 0.6) is 5.75 Å². The highest BCUT2D eigenvalue weighted by Gasteiger charge is 2.36. The van der Waals surface area contributed by atoms with E-state index in [2.05, 4.69) is 22.3 Å². The van der Waals surface area contributed by atoms with E-state index >= 15 is 0 Å². The highest BCUT2D eigenvalue weighted by molar-refractivity contribution is 6.01. The summed E-state index contributed by atoms with van der Waals surface area (Å²) in [6, 6.07) is 16.3. The van der Waals surface area contributed by atoms with Crippen molar-refractivity contribution in [3.8, 4) is 5.75 Å². The van der Waals surface area contributed by atoms with Crippen LogP contribution in [-0.2, 0) is 9.59 Å². The number of hydrogen-bond acceptors (Lipinski definition) is 4. The third-order valence-electron chi connectivity index (χ3n) is 6.36. The van der Waals surface area contributed by atoms with Crippen LogP contribution in [-0.4, -0.2) is 50.0 Å². The van der Waals surface area contributed by atoms with Crippen LogP contribution >= 0.6 is 0 Å². The molecule has 1 N–H and O–H groups in total. The molecule has 2 aromatic rings. The molecule has 2 aliphatic heterocycles. The Hall–Kier alpha value is -2.86. The number of methoxy groups -OCH3 is 1. The molecule has 164 valence electrons. The number of aryl methyl sites for hydroxylation is 1. The molecule has 0 saturated carbocycles. The lowest BCUT2D eigenvalue weighted by molar-refractivity contribution is -0.126. The average molecular weight is 422 g/mol. The number of ether oxygens (including phenoxy) is 1. The molecule has 0 bridgehead atoms. The molecule has 2 heterocycles. The van der Waals surface area contributed by atoms with Gasteiger partial charge in [-0.15, -0.1) is 0 Å². The van der Waals surface area contributed by atoms with Crippen LogP contribution in [0.4, 0.5) is 5.69 Å². The van der Waals surface area contributed by atoms with Crippen molar-refractivity contribution in [1.29, 1.82) is 0 Å². The van der Waals surface area contributed by atoms with E-state index in [1.165, 1.54) is 18.4 Å². The average Bonchev–Trinajstić information content (AvgIpc) is 3.44. The summed E-state index contributed by atoms with van der Waals surface area (Å²) in [4.78, 5) is 29.8. The van der Waals surface area contributed by atoms with Crippen LogP contribution in [0.25, 0.3) is 0 Å². The zero-order valence-electron chi connectivity index (χ0n) is 18.3. The molecule has 2 atom stereocenters. The molecule has 0 spiro atoms. The summed E-state index contributed by atoms with van der Waals surface area (Å²) in [5.41, 5.74) is 3.01. The SMILES string of the molecule is COc1ccc(C)cc1N1CC(C(=O)NCC(c2ccccc2)N2CCCC2)CC1=O. The first-order valence-electron chi connectivity index (χ1n) is 11.1. The van der Waals surface area contributed by atoms with Gasteiger partial charge in [-0.3, -0.25) is 14.5 Å². The summed E-state index contributed by atoms with van der Waals surface area (Å²) >= 11 is 0. The second-order valence-electron chi connectivity index (χ2n) is 8.50. The number of hydrogen-bond donors (Lipinski definition) is 1. The van der Waals surface area contributed by atoms with Crippen molar-refractivity contribution in [3.05, 3.63) is 59.7 Å². The van der Waals surface area contributed by atoms with E-state index in [0.29, 0.717) is 18.8 Å². The molecule has 2 amide bonds. The van der Waals surface area contributed by atoms with E-state index in [9.17, 15) is 9.59 Å². The van der Waals surface area contributed by atoms with Gasteiger partial charge in [-0.25, -0.2) is 0 Å². The van der Waals surface area contributed by atoms with Gasteiger partial charge in [0, 0.05) is 19.5 Å². The van der Waals surface area contributed by atoms with Crippen molar-refractivity contribution < 1.29 is 14.3 Å². The third kappa shape index (κ3) is 4.74. The lowest BCUT2D eigenvalue weighted by atomic mass is 10.0. The van der Waals surface area contributed by atoms with Crippen LogP contribution in [0.1, 0.15) is 36.4 Å². The lowest BCUT2D eigenvalue weighted by Gasteiger charge is -2.28. The summed E-state index contributed by atoms with van der Waals surface area (Å²) in [6.07, 6.45) is 2.62. The summed E-state index contributed by atoms with van der Waals surface area (Å²) in [7, 11) is 1.60. The Morgan fingerprint density at radius 3 is 2.61 bits per heavy atom. The quantitative estimate of drug-likeness (QED) is 0.745. The van der Waals surface area contributed by atoms with Crippen molar-refractivity contribution >= 4 is 17.5 Å². The van der Waals surface area contributed by atoms with Crippen molar-refractivity contribution in [2.75, 3.05) is 38.2 Å². The molecule has 31 heavy (non-hydrogen) atoms. The highest BCUT2D eigenvalue weighted by Crippen LogP contribution is 2.34. The molecule has 0 radical (unpaired) electrons. The Labute approximate surface area is 184 Å². The number of benzene rings is 2. The van der Waals surface area contributed by atoms with E-state index in [0.717, 1.165) is 24.3 Å². The predicted molar refractivity (Wildman–Crippen MR) is 121 cm³/mol. The van der Waals surface area contributed by atoms with Crippen molar-refractivity contribution in [3.63, 3.8) is 0 Å². The van der Waals surface area contributed by atoms with E-state index in [1.807, 2.05) is 43.3 Å². The first-order valence-corrected chi connectivity index (χ1v) is 11.1. The number of nitrogens with zero attached hydrogens (tertiary/aromatic N) is 2. The Bertz CT molecular complexity index is 925. The monoisotopic (exact) mass is 421 g/mol.